The van der Waals surface area contributed by atoms with Crippen LogP contribution in [0.15, 0.2) is 10.7 Å². The van der Waals surface area contributed by atoms with Crippen molar-refractivity contribution in [3.05, 3.63) is 16.5 Å². The molecule has 1 saturated heterocycles. The fourth-order valence-electron chi connectivity index (χ4n) is 2.31. The number of hydrogen-bond acceptors (Lipinski definition) is 4. The summed E-state index contributed by atoms with van der Waals surface area (Å²) in [7, 11) is 0. The molecule has 0 radical (unpaired) electrons. The van der Waals surface area contributed by atoms with Crippen molar-refractivity contribution in [1.82, 2.24) is 14.9 Å². The molecule has 0 spiro atoms. The second kappa shape index (κ2) is 7.57. The number of aryl methyl sites for hydroxylation is 1. The van der Waals surface area contributed by atoms with Crippen LogP contribution in [0.1, 0.15) is 38.4 Å². The van der Waals surface area contributed by atoms with E-state index in [1.165, 1.54) is 0 Å². The molecule has 110 valence electrons. The summed E-state index contributed by atoms with van der Waals surface area (Å²) in [4.78, 5) is 22.6. The van der Waals surface area contributed by atoms with Gasteiger partial charge in [-0.3, -0.25) is 4.79 Å². The van der Waals surface area contributed by atoms with Gasteiger partial charge in [-0.05, 0) is 35.2 Å². The first-order chi connectivity index (χ1) is 9.69. The molecular weight excluding hydrogens is 320 g/mol. The number of likely N-dealkylation sites (tertiary alicyclic amines) is 1. The first-order valence-electron chi connectivity index (χ1n) is 7.24. The molecule has 0 aliphatic carbocycles. The highest BCUT2D eigenvalue weighted by molar-refractivity contribution is 9.10. The fourth-order valence-corrected chi connectivity index (χ4v) is 2.73. The summed E-state index contributed by atoms with van der Waals surface area (Å²) in [5, 5.41) is 3.21. The number of hydrogen-bond donors (Lipinski definition) is 1. The maximum absolute atomic E-state index is 11.9. The lowest BCUT2D eigenvalue weighted by Crippen LogP contribution is -2.29. The molecule has 6 heteroatoms. The van der Waals surface area contributed by atoms with E-state index in [4.69, 9.17) is 0 Å². The lowest BCUT2D eigenvalue weighted by atomic mass is 10.3. The van der Waals surface area contributed by atoms with Crippen molar-refractivity contribution < 1.29 is 4.79 Å². The lowest BCUT2D eigenvalue weighted by molar-refractivity contribution is -0.129. The molecule has 0 unspecified atom stereocenters. The molecular formula is C14H21BrN4O. The summed E-state index contributed by atoms with van der Waals surface area (Å²) in [5.74, 6) is 1.84. The van der Waals surface area contributed by atoms with Crippen molar-refractivity contribution in [1.29, 1.82) is 0 Å². The molecule has 2 rings (SSSR count). The number of amides is 1. The summed E-state index contributed by atoms with van der Waals surface area (Å²) in [6.45, 7) is 4.55. The molecule has 20 heavy (non-hydrogen) atoms. The van der Waals surface area contributed by atoms with Crippen LogP contribution in [0.2, 0.25) is 0 Å². The van der Waals surface area contributed by atoms with E-state index < -0.39 is 0 Å². The van der Waals surface area contributed by atoms with Gasteiger partial charge in [-0.2, -0.15) is 0 Å². The van der Waals surface area contributed by atoms with Gasteiger partial charge < -0.3 is 10.2 Å². The van der Waals surface area contributed by atoms with Crippen molar-refractivity contribution in [2.24, 2.45) is 0 Å². The molecule has 1 aromatic rings. The summed E-state index contributed by atoms with van der Waals surface area (Å²) < 4.78 is 0.782. The van der Waals surface area contributed by atoms with Crippen molar-refractivity contribution in [3.8, 4) is 0 Å². The van der Waals surface area contributed by atoms with Crippen LogP contribution in [0.3, 0.4) is 0 Å². The Morgan fingerprint density at radius 2 is 2.15 bits per heavy atom. The third-order valence-electron chi connectivity index (χ3n) is 3.32. The maximum Gasteiger partial charge on any atom is 0.224 e. The number of rotatable bonds is 6. The molecule has 1 N–H and O–H groups in total. The Balaban J connectivity index is 1.82. The second-order valence-electron chi connectivity index (χ2n) is 5.01. The van der Waals surface area contributed by atoms with Gasteiger partial charge in [0.2, 0.25) is 5.91 Å². The number of nitrogens with zero attached hydrogens (tertiary/aromatic N) is 3. The highest BCUT2D eigenvalue weighted by atomic mass is 79.9. The minimum absolute atomic E-state index is 0.233. The monoisotopic (exact) mass is 340 g/mol. The van der Waals surface area contributed by atoms with Gasteiger partial charge in [0.15, 0.2) is 0 Å². The van der Waals surface area contributed by atoms with Crippen molar-refractivity contribution in [2.45, 2.75) is 39.0 Å². The Labute approximate surface area is 128 Å². The van der Waals surface area contributed by atoms with E-state index in [0.29, 0.717) is 13.0 Å². The van der Waals surface area contributed by atoms with E-state index in [1.54, 1.807) is 0 Å². The second-order valence-corrected chi connectivity index (χ2v) is 5.82. The molecule has 1 fully saturated rings. The highest BCUT2D eigenvalue weighted by Crippen LogP contribution is 2.14. The van der Waals surface area contributed by atoms with E-state index in [1.807, 2.05) is 11.0 Å². The molecule has 0 saturated carbocycles. The van der Waals surface area contributed by atoms with Gasteiger partial charge >= 0.3 is 0 Å². The number of nitrogens with one attached hydrogen (secondary N) is 1. The number of halogens is 1. The predicted octanol–water partition coefficient (Wildman–Crippen LogP) is 2.62. The summed E-state index contributed by atoms with van der Waals surface area (Å²) in [6, 6.07) is 1.85. The zero-order chi connectivity index (χ0) is 14.4. The first kappa shape index (κ1) is 15.2. The van der Waals surface area contributed by atoms with Crippen molar-refractivity contribution in [3.63, 3.8) is 0 Å². The molecule has 5 nitrogen and oxygen atoms in total. The smallest absolute Gasteiger partial charge is 0.224 e. The van der Waals surface area contributed by atoms with Crippen LogP contribution in [0.4, 0.5) is 5.82 Å². The van der Waals surface area contributed by atoms with Gasteiger partial charge in [-0.15, -0.1) is 0 Å². The molecule has 1 aromatic heterocycles. The van der Waals surface area contributed by atoms with E-state index >= 15 is 0 Å². The van der Waals surface area contributed by atoms with Crippen LogP contribution < -0.4 is 5.32 Å². The standard InChI is InChI=1S/C14H21BrN4O/c1-2-5-12-17-11(15)10-13(18-12)16-7-6-14(20)19-8-3-4-9-19/h10H,2-9H2,1H3,(H,16,17,18). The van der Waals surface area contributed by atoms with Gasteiger partial charge in [0.25, 0.3) is 0 Å². The molecule has 0 bridgehead atoms. The Hall–Kier alpha value is -1.17. The van der Waals surface area contributed by atoms with Crippen LogP contribution in [0.5, 0.6) is 0 Å². The van der Waals surface area contributed by atoms with Crippen LogP contribution in [0.25, 0.3) is 0 Å². The third kappa shape index (κ3) is 4.44. The van der Waals surface area contributed by atoms with Crippen molar-refractivity contribution in [2.75, 3.05) is 25.0 Å². The lowest BCUT2D eigenvalue weighted by Gasteiger charge is -2.15. The molecule has 0 aromatic carbocycles. The Bertz CT molecular complexity index is 460. The first-order valence-corrected chi connectivity index (χ1v) is 8.03. The van der Waals surface area contributed by atoms with Crippen molar-refractivity contribution >= 4 is 27.7 Å². The van der Waals surface area contributed by atoms with Gasteiger partial charge in [0.05, 0.1) is 0 Å². The van der Waals surface area contributed by atoms with Crippen LogP contribution in [0, 0.1) is 0 Å². The van der Waals surface area contributed by atoms with E-state index in [9.17, 15) is 4.79 Å². The van der Waals surface area contributed by atoms with Crippen LogP contribution in [-0.4, -0.2) is 40.4 Å². The molecule has 2 heterocycles. The minimum Gasteiger partial charge on any atom is -0.369 e. The topological polar surface area (TPSA) is 58.1 Å². The molecule has 1 aliphatic rings. The minimum atomic E-state index is 0.233. The fraction of sp³-hybridized carbons (Fsp3) is 0.643. The van der Waals surface area contributed by atoms with Crippen LogP contribution >= 0.6 is 15.9 Å². The van der Waals surface area contributed by atoms with E-state index in [-0.39, 0.29) is 5.91 Å². The Morgan fingerprint density at radius 3 is 2.85 bits per heavy atom. The van der Waals surface area contributed by atoms with Crippen LogP contribution in [-0.2, 0) is 11.2 Å². The number of anilines is 1. The zero-order valence-electron chi connectivity index (χ0n) is 11.9. The Morgan fingerprint density at radius 1 is 1.40 bits per heavy atom. The predicted molar refractivity (Wildman–Crippen MR) is 82.6 cm³/mol. The largest absolute Gasteiger partial charge is 0.369 e. The van der Waals surface area contributed by atoms with Gasteiger partial charge in [0, 0.05) is 38.5 Å². The Kier molecular flexibility index (Phi) is 5.76. The van der Waals surface area contributed by atoms with E-state index in [0.717, 1.165) is 55.0 Å². The highest BCUT2D eigenvalue weighted by Gasteiger charge is 2.17. The molecule has 1 aliphatic heterocycles. The van der Waals surface area contributed by atoms with Gasteiger partial charge in [-0.1, -0.05) is 6.92 Å². The van der Waals surface area contributed by atoms with Gasteiger partial charge in [0.1, 0.15) is 16.2 Å². The zero-order valence-corrected chi connectivity index (χ0v) is 13.4. The maximum atomic E-state index is 11.9. The van der Waals surface area contributed by atoms with E-state index in [2.05, 4.69) is 38.1 Å². The average Bonchev–Trinajstić information content (AvgIpc) is 2.92. The molecule has 0 atom stereocenters. The number of carbonyl (C=O) groups excluding carboxylic acids is 1. The quantitative estimate of drug-likeness (QED) is 0.808. The summed E-state index contributed by atoms with van der Waals surface area (Å²) in [5.41, 5.74) is 0. The molecule has 1 amide bonds. The summed E-state index contributed by atoms with van der Waals surface area (Å²) in [6.07, 6.45) is 4.67. The third-order valence-corrected chi connectivity index (χ3v) is 3.72. The normalized spacial score (nSPS) is 14.6. The SMILES string of the molecule is CCCc1nc(Br)cc(NCCC(=O)N2CCCC2)n1. The number of carbonyl (C=O) groups is 1. The average molecular weight is 341 g/mol. The summed E-state index contributed by atoms with van der Waals surface area (Å²) >= 11 is 3.39. The van der Waals surface area contributed by atoms with Gasteiger partial charge in [-0.25, -0.2) is 9.97 Å². The number of aromatic nitrogens is 2.